The first-order chi connectivity index (χ1) is 10.6. The third kappa shape index (κ3) is 2.48. The van der Waals surface area contributed by atoms with Crippen LogP contribution in [0.4, 0.5) is 24.9 Å². The Hall–Kier alpha value is -2.36. The minimum atomic E-state index is -4.70. The standard InChI is InChI=1S/C13H15F3N6O/c1-6-7(3-22(21-6)12(2)4-23-5-12)9-8(13(14,15)16)10(17)20-11(18)19-9/h3H,4-5H2,1-2H3,(H4,17,18,19,20). The summed E-state index contributed by atoms with van der Waals surface area (Å²) in [6.45, 7) is 4.38. The van der Waals surface area contributed by atoms with Crippen molar-refractivity contribution in [3.05, 3.63) is 17.5 Å². The van der Waals surface area contributed by atoms with E-state index in [-0.39, 0.29) is 22.7 Å². The van der Waals surface area contributed by atoms with Crippen LogP contribution in [0, 0.1) is 6.92 Å². The van der Waals surface area contributed by atoms with Gasteiger partial charge in [-0.15, -0.1) is 0 Å². The molecule has 3 heterocycles. The van der Waals surface area contributed by atoms with Gasteiger partial charge in [0.15, 0.2) is 0 Å². The first-order valence-electron chi connectivity index (χ1n) is 6.77. The van der Waals surface area contributed by atoms with Crippen molar-refractivity contribution >= 4 is 11.8 Å². The molecule has 0 bridgehead atoms. The summed E-state index contributed by atoms with van der Waals surface area (Å²) in [6, 6.07) is 0. The van der Waals surface area contributed by atoms with Crippen LogP contribution in [0.2, 0.25) is 0 Å². The van der Waals surface area contributed by atoms with Crippen molar-refractivity contribution in [1.29, 1.82) is 0 Å². The van der Waals surface area contributed by atoms with Crippen molar-refractivity contribution in [2.24, 2.45) is 0 Å². The molecule has 2 aromatic rings. The quantitative estimate of drug-likeness (QED) is 0.867. The van der Waals surface area contributed by atoms with Crippen LogP contribution < -0.4 is 11.5 Å². The van der Waals surface area contributed by atoms with Gasteiger partial charge in [-0.1, -0.05) is 0 Å². The first-order valence-corrected chi connectivity index (χ1v) is 6.77. The summed E-state index contributed by atoms with van der Waals surface area (Å²) >= 11 is 0. The van der Waals surface area contributed by atoms with Crippen LogP contribution in [0.1, 0.15) is 18.2 Å². The number of nitrogens with two attached hydrogens (primary N) is 2. The predicted octanol–water partition coefficient (Wildman–Crippen LogP) is 1.58. The van der Waals surface area contributed by atoms with E-state index in [0.717, 1.165) is 0 Å². The second-order valence-electron chi connectivity index (χ2n) is 5.75. The summed E-state index contributed by atoms with van der Waals surface area (Å²) < 4.78 is 46.7. The highest BCUT2D eigenvalue weighted by atomic mass is 19.4. The Morgan fingerprint density at radius 2 is 1.91 bits per heavy atom. The molecule has 0 spiro atoms. The number of aromatic nitrogens is 4. The molecule has 0 unspecified atom stereocenters. The topological polar surface area (TPSA) is 105 Å². The molecule has 10 heteroatoms. The Bertz CT molecular complexity index is 766. The van der Waals surface area contributed by atoms with Crippen molar-refractivity contribution in [2.75, 3.05) is 24.7 Å². The molecule has 4 N–H and O–H groups in total. The molecular formula is C13H15F3N6O. The van der Waals surface area contributed by atoms with Gasteiger partial charge in [-0.05, 0) is 13.8 Å². The van der Waals surface area contributed by atoms with Gasteiger partial charge in [0.1, 0.15) is 16.9 Å². The van der Waals surface area contributed by atoms with Gasteiger partial charge in [-0.25, -0.2) is 4.98 Å². The maximum absolute atomic E-state index is 13.3. The van der Waals surface area contributed by atoms with Crippen LogP contribution in [0.25, 0.3) is 11.3 Å². The molecule has 0 aromatic carbocycles. The lowest BCUT2D eigenvalue weighted by Crippen LogP contribution is -2.49. The van der Waals surface area contributed by atoms with Crippen molar-refractivity contribution < 1.29 is 17.9 Å². The van der Waals surface area contributed by atoms with E-state index in [9.17, 15) is 13.2 Å². The molecule has 124 valence electrons. The molecule has 2 aromatic heterocycles. The van der Waals surface area contributed by atoms with Crippen LogP contribution in [0.3, 0.4) is 0 Å². The molecule has 1 aliphatic rings. The van der Waals surface area contributed by atoms with E-state index in [0.29, 0.717) is 18.9 Å². The molecule has 0 atom stereocenters. The number of alkyl halides is 3. The van der Waals surface area contributed by atoms with Crippen molar-refractivity contribution in [2.45, 2.75) is 25.6 Å². The maximum Gasteiger partial charge on any atom is 0.422 e. The Morgan fingerprint density at radius 3 is 2.43 bits per heavy atom. The third-order valence-electron chi connectivity index (χ3n) is 3.77. The summed E-state index contributed by atoms with van der Waals surface area (Å²) in [5.41, 5.74) is 9.65. The number of hydrogen-bond acceptors (Lipinski definition) is 6. The predicted molar refractivity (Wildman–Crippen MR) is 76.3 cm³/mol. The maximum atomic E-state index is 13.3. The highest BCUT2D eigenvalue weighted by molar-refractivity contribution is 5.71. The molecule has 0 aliphatic carbocycles. The minimum Gasteiger partial charge on any atom is -0.383 e. The van der Waals surface area contributed by atoms with E-state index in [2.05, 4.69) is 15.1 Å². The van der Waals surface area contributed by atoms with Gasteiger partial charge in [-0.3, -0.25) is 4.68 Å². The highest BCUT2D eigenvalue weighted by Gasteiger charge is 2.40. The van der Waals surface area contributed by atoms with Crippen LogP contribution in [0.15, 0.2) is 6.20 Å². The highest BCUT2D eigenvalue weighted by Crippen LogP contribution is 2.40. The van der Waals surface area contributed by atoms with Crippen molar-refractivity contribution in [1.82, 2.24) is 19.7 Å². The molecule has 0 radical (unpaired) electrons. The molecule has 23 heavy (non-hydrogen) atoms. The SMILES string of the molecule is Cc1nn(C2(C)COC2)cc1-c1nc(N)nc(N)c1C(F)(F)F. The number of ether oxygens (including phenoxy) is 1. The normalized spacial score (nSPS) is 17.1. The molecule has 0 saturated carbocycles. The smallest absolute Gasteiger partial charge is 0.383 e. The molecule has 3 rings (SSSR count). The van der Waals surface area contributed by atoms with E-state index in [1.807, 2.05) is 6.92 Å². The molecule has 1 saturated heterocycles. The van der Waals surface area contributed by atoms with Crippen LogP contribution >= 0.6 is 0 Å². The third-order valence-corrected chi connectivity index (χ3v) is 3.77. The number of anilines is 2. The zero-order valence-corrected chi connectivity index (χ0v) is 12.5. The van der Waals surface area contributed by atoms with Crippen molar-refractivity contribution in [3.8, 4) is 11.3 Å². The number of nitrogens with zero attached hydrogens (tertiary/aromatic N) is 4. The van der Waals surface area contributed by atoms with E-state index < -0.39 is 17.6 Å². The van der Waals surface area contributed by atoms with Gasteiger partial charge in [0.25, 0.3) is 0 Å². The van der Waals surface area contributed by atoms with E-state index in [1.54, 1.807) is 11.6 Å². The number of aryl methyl sites for hydroxylation is 1. The summed E-state index contributed by atoms with van der Waals surface area (Å²) in [5.74, 6) is -1.03. The average Bonchev–Trinajstić information content (AvgIpc) is 2.75. The van der Waals surface area contributed by atoms with Crippen LogP contribution in [-0.4, -0.2) is 33.0 Å². The molecule has 1 aliphatic heterocycles. The molecule has 0 amide bonds. The van der Waals surface area contributed by atoms with Gasteiger partial charge in [0.2, 0.25) is 5.95 Å². The second kappa shape index (κ2) is 4.82. The largest absolute Gasteiger partial charge is 0.422 e. The monoisotopic (exact) mass is 328 g/mol. The molecule has 7 nitrogen and oxygen atoms in total. The lowest BCUT2D eigenvalue weighted by Gasteiger charge is -2.38. The lowest BCUT2D eigenvalue weighted by molar-refractivity contribution is -0.136. The zero-order chi connectivity index (χ0) is 17.0. The number of hydrogen-bond donors (Lipinski definition) is 2. The van der Waals surface area contributed by atoms with Gasteiger partial charge in [0.05, 0.1) is 24.6 Å². The van der Waals surface area contributed by atoms with Crippen LogP contribution in [-0.2, 0) is 16.5 Å². The fourth-order valence-electron chi connectivity index (χ4n) is 2.47. The number of rotatable bonds is 2. The molecular weight excluding hydrogens is 313 g/mol. The van der Waals surface area contributed by atoms with Gasteiger partial charge in [0, 0.05) is 11.8 Å². The fraction of sp³-hybridized carbons (Fsp3) is 0.462. The average molecular weight is 328 g/mol. The Kier molecular flexibility index (Phi) is 3.25. The van der Waals surface area contributed by atoms with Gasteiger partial charge >= 0.3 is 6.18 Å². The van der Waals surface area contributed by atoms with E-state index in [1.165, 1.54) is 6.20 Å². The van der Waals surface area contributed by atoms with Crippen molar-refractivity contribution in [3.63, 3.8) is 0 Å². The van der Waals surface area contributed by atoms with E-state index in [4.69, 9.17) is 16.2 Å². The zero-order valence-electron chi connectivity index (χ0n) is 12.5. The summed E-state index contributed by atoms with van der Waals surface area (Å²) in [6.07, 6.45) is -3.19. The Balaban J connectivity index is 2.19. The van der Waals surface area contributed by atoms with E-state index >= 15 is 0 Å². The Morgan fingerprint density at radius 1 is 1.26 bits per heavy atom. The summed E-state index contributed by atoms with van der Waals surface area (Å²) in [5, 5.41) is 4.29. The Labute approximate surface area is 129 Å². The fourth-order valence-corrected chi connectivity index (χ4v) is 2.47. The summed E-state index contributed by atoms with van der Waals surface area (Å²) in [4.78, 5) is 7.17. The lowest BCUT2D eigenvalue weighted by atomic mass is 10.0. The first kappa shape index (κ1) is 15.5. The van der Waals surface area contributed by atoms with Gasteiger partial charge < -0.3 is 16.2 Å². The van der Waals surface area contributed by atoms with Crippen LogP contribution in [0.5, 0.6) is 0 Å². The minimum absolute atomic E-state index is 0.214. The summed E-state index contributed by atoms with van der Waals surface area (Å²) in [7, 11) is 0. The molecule has 1 fully saturated rings. The second-order valence-corrected chi connectivity index (χ2v) is 5.75. The number of nitrogen functional groups attached to an aromatic ring is 2. The van der Waals surface area contributed by atoms with Gasteiger partial charge in [-0.2, -0.15) is 23.3 Å². The number of halogens is 3.